The Morgan fingerprint density at radius 3 is 2.75 bits per heavy atom. The van der Waals surface area contributed by atoms with Gasteiger partial charge in [-0.2, -0.15) is 13.2 Å². The van der Waals surface area contributed by atoms with Crippen molar-refractivity contribution in [2.45, 2.75) is 19.1 Å². The van der Waals surface area contributed by atoms with Crippen LogP contribution in [0.15, 0.2) is 30.3 Å². The van der Waals surface area contributed by atoms with Crippen LogP contribution in [-0.4, -0.2) is 29.4 Å². The first-order valence-electron chi connectivity index (χ1n) is 7.97. The summed E-state index contributed by atoms with van der Waals surface area (Å²) >= 11 is 5.90. The van der Waals surface area contributed by atoms with Crippen LogP contribution in [0.2, 0.25) is 5.02 Å². The lowest BCUT2D eigenvalue weighted by Gasteiger charge is -2.32. The van der Waals surface area contributed by atoms with Gasteiger partial charge in [0.15, 0.2) is 18.2 Å². The van der Waals surface area contributed by atoms with E-state index >= 15 is 0 Å². The van der Waals surface area contributed by atoms with E-state index in [0.29, 0.717) is 0 Å². The second-order valence-electron chi connectivity index (χ2n) is 5.97. The predicted octanol–water partition coefficient (Wildman–Crippen LogP) is 3.09. The van der Waals surface area contributed by atoms with Crippen molar-refractivity contribution >= 4 is 40.7 Å². The second-order valence-corrected chi connectivity index (χ2v) is 6.38. The number of anilines is 3. The summed E-state index contributed by atoms with van der Waals surface area (Å²) in [4.78, 5) is 30.0. The van der Waals surface area contributed by atoms with E-state index in [0.717, 1.165) is 23.1 Å². The molecule has 1 aliphatic rings. The van der Waals surface area contributed by atoms with Crippen LogP contribution in [0.4, 0.5) is 30.5 Å². The van der Waals surface area contributed by atoms with E-state index in [9.17, 15) is 22.8 Å². The van der Waals surface area contributed by atoms with Crippen molar-refractivity contribution in [1.29, 1.82) is 0 Å². The molecule has 0 spiro atoms. The Hall–Kier alpha value is -3.01. The number of amides is 2. The van der Waals surface area contributed by atoms with Gasteiger partial charge in [0.25, 0.3) is 5.91 Å². The molecule has 7 nitrogen and oxygen atoms in total. The van der Waals surface area contributed by atoms with E-state index in [1.54, 1.807) is 0 Å². The molecule has 11 heteroatoms. The first-order valence-corrected chi connectivity index (χ1v) is 8.34. The zero-order valence-corrected chi connectivity index (χ0v) is 15.1. The van der Waals surface area contributed by atoms with Crippen LogP contribution < -0.4 is 20.7 Å². The van der Waals surface area contributed by atoms with Gasteiger partial charge in [-0.1, -0.05) is 11.6 Å². The molecule has 1 aromatic carbocycles. The Labute approximate surface area is 162 Å². The van der Waals surface area contributed by atoms with Crippen LogP contribution in [0.25, 0.3) is 0 Å². The summed E-state index contributed by atoms with van der Waals surface area (Å²) in [6, 6.07) is 4.41. The number of hydrogen-bond acceptors (Lipinski definition) is 5. The molecular formula is C17H14ClF3N4O3. The van der Waals surface area contributed by atoms with Crippen LogP contribution in [0.5, 0.6) is 5.75 Å². The van der Waals surface area contributed by atoms with Crippen molar-refractivity contribution in [1.82, 2.24) is 4.98 Å². The molecule has 2 heterocycles. The van der Waals surface area contributed by atoms with Gasteiger partial charge in [-0.15, -0.1) is 0 Å². The number of hydrogen-bond donors (Lipinski definition) is 2. The van der Waals surface area contributed by atoms with Crippen LogP contribution >= 0.6 is 11.6 Å². The van der Waals surface area contributed by atoms with Crippen LogP contribution in [0.1, 0.15) is 12.5 Å². The normalized spacial score (nSPS) is 14.9. The van der Waals surface area contributed by atoms with Crippen LogP contribution in [0, 0.1) is 0 Å². The third-order valence-corrected chi connectivity index (χ3v) is 4.36. The minimum Gasteiger partial charge on any atom is -0.480 e. The van der Waals surface area contributed by atoms with E-state index in [1.165, 1.54) is 19.1 Å². The number of rotatable bonds is 3. The highest BCUT2D eigenvalue weighted by Crippen LogP contribution is 2.35. The summed E-state index contributed by atoms with van der Waals surface area (Å²) in [7, 11) is 0. The fraction of sp³-hybridized carbons (Fsp3) is 0.235. The molecule has 3 rings (SSSR count). The molecule has 1 unspecified atom stereocenters. The number of ether oxygens (including phenoxy) is 1. The van der Waals surface area contributed by atoms with Gasteiger partial charge in [-0.3, -0.25) is 14.5 Å². The molecule has 28 heavy (non-hydrogen) atoms. The van der Waals surface area contributed by atoms with Gasteiger partial charge < -0.3 is 15.8 Å². The number of nitrogens with zero attached hydrogens (tertiary/aromatic N) is 2. The largest absolute Gasteiger partial charge is 0.480 e. The number of nitrogens with one attached hydrogen (secondary N) is 1. The Morgan fingerprint density at radius 1 is 1.36 bits per heavy atom. The molecule has 3 N–H and O–H groups in total. The Balaban J connectivity index is 1.88. The predicted molar refractivity (Wildman–Crippen MR) is 96.2 cm³/mol. The second kappa shape index (κ2) is 7.19. The van der Waals surface area contributed by atoms with Crippen LogP contribution in [-0.2, 0) is 15.8 Å². The first-order chi connectivity index (χ1) is 13.1. The topological polar surface area (TPSA) is 97.5 Å². The maximum atomic E-state index is 12.9. The van der Waals surface area contributed by atoms with E-state index < -0.39 is 29.6 Å². The molecule has 2 amide bonds. The Morgan fingerprint density at radius 2 is 2.07 bits per heavy atom. The number of aromatic nitrogens is 1. The summed E-state index contributed by atoms with van der Waals surface area (Å²) in [6.45, 7) is 1.08. The summed E-state index contributed by atoms with van der Waals surface area (Å²) in [5, 5.41) is 2.24. The Kier molecular flexibility index (Phi) is 5.07. The minimum absolute atomic E-state index is 0.0500. The van der Waals surface area contributed by atoms with E-state index in [1.807, 2.05) is 0 Å². The molecule has 0 radical (unpaired) electrons. The molecule has 148 valence electrons. The highest BCUT2D eigenvalue weighted by molar-refractivity contribution is 6.33. The minimum atomic E-state index is -4.60. The van der Waals surface area contributed by atoms with Gasteiger partial charge >= 0.3 is 6.18 Å². The molecule has 1 atom stereocenters. The number of carbonyl (C=O) groups is 2. The monoisotopic (exact) mass is 414 g/mol. The number of fused-ring (bicyclic) bond motifs is 1. The number of carbonyl (C=O) groups excluding carboxylic acids is 2. The maximum absolute atomic E-state index is 12.9. The molecular weight excluding hydrogens is 401 g/mol. The highest BCUT2D eigenvalue weighted by atomic mass is 35.5. The molecule has 2 aromatic rings. The van der Waals surface area contributed by atoms with E-state index in [4.69, 9.17) is 22.1 Å². The number of benzene rings is 1. The standard InChI is InChI=1S/C17H14ClF3N4O3/c1-8(25-14(26)7-28-12-4-5-13(22)24-15(12)25)16(27)23-11-6-9(17(19,20)21)2-3-10(11)18/h2-6,8H,7H2,1H3,(H2,22,24)(H,23,27). The van der Waals surface area contributed by atoms with Gasteiger partial charge in [0.2, 0.25) is 5.91 Å². The van der Waals surface area contributed by atoms with Crippen molar-refractivity contribution in [3.05, 3.63) is 40.9 Å². The zero-order chi connectivity index (χ0) is 20.6. The van der Waals surface area contributed by atoms with Gasteiger partial charge in [-0.05, 0) is 37.3 Å². The summed E-state index contributed by atoms with van der Waals surface area (Å²) < 4.78 is 43.9. The molecule has 0 saturated heterocycles. The molecule has 0 saturated carbocycles. The number of nitrogen functional groups attached to an aromatic ring is 1. The average Bonchev–Trinajstić information content (AvgIpc) is 2.61. The SMILES string of the molecule is CC(C(=O)Nc1cc(C(F)(F)F)ccc1Cl)N1C(=O)COc2ccc(N)nc21. The van der Waals surface area contributed by atoms with Gasteiger partial charge in [0.05, 0.1) is 16.3 Å². The highest BCUT2D eigenvalue weighted by Gasteiger charge is 2.35. The number of halogens is 4. The molecule has 0 aliphatic carbocycles. The fourth-order valence-corrected chi connectivity index (χ4v) is 2.78. The van der Waals surface area contributed by atoms with Crippen molar-refractivity contribution in [2.75, 3.05) is 22.6 Å². The van der Waals surface area contributed by atoms with Crippen molar-refractivity contribution in [2.24, 2.45) is 0 Å². The van der Waals surface area contributed by atoms with Crippen molar-refractivity contribution in [3.63, 3.8) is 0 Å². The average molecular weight is 415 g/mol. The van der Waals surface area contributed by atoms with Crippen molar-refractivity contribution in [3.8, 4) is 5.75 Å². The summed E-state index contributed by atoms with van der Waals surface area (Å²) in [6.07, 6.45) is -4.60. The summed E-state index contributed by atoms with van der Waals surface area (Å²) in [5.74, 6) is -0.898. The van der Waals surface area contributed by atoms with E-state index in [-0.39, 0.29) is 34.7 Å². The van der Waals surface area contributed by atoms with Gasteiger partial charge in [-0.25, -0.2) is 4.98 Å². The van der Waals surface area contributed by atoms with Crippen molar-refractivity contribution < 1.29 is 27.5 Å². The quantitative estimate of drug-likeness (QED) is 0.804. The fourth-order valence-electron chi connectivity index (χ4n) is 2.61. The number of nitrogens with two attached hydrogens (primary N) is 1. The third-order valence-electron chi connectivity index (χ3n) is 4.03. The lowest BCUT2D eigenvalue weighted by molar-refractivity contribution is -0.137. The number of pyridine rings is 1. The summed E-state index contributed by atoms with van der Waals surface area (Å²) in [5.41, 5.74) is 4.44. The number of alkyl halides is 3. The maximum Gasteiger partial charge on any atom is 0.416 e. The Bertz CT molecular complexity index is 952. The van der Waals surface area contributed by atoms with E-state index in [2.05, 4.69) is 10.3 Å². The van der Waals surface area contributed by atoms with Crippen LogP contribution in [0.3, 0.4) is 0 Å². The molecule has 1 aromatic heterocycles. The molecule has 1 aliphatic heterocycles. The first kappa shape index (κ1) is 19.7. The lowest BCUT2D eigenvalue weighted by atomic mass is 10.1. The molecule has 0 fully saturated rings. The smallest absolute Gasteiger partial charge is 0.416 e. The lowest BCUT2D eigenvalue weighted by Crippen LogP contribution is -2.50. The van der Waals surface area contributed by atoms with Gasteiger partial charge in [0.1, 0.15) is 11.9 Å². The third kappa shape index (κ3) is 3.81. The zero-order valence-electron chi connectivity index (χ0n) is 14.4. The molecule has 0 bridgehead atoms. The van der Waals surface area contributed by atoms with Gasteiger partial charge in [0, 0.05) is 0 Å².